The van der Waals surface area contributed by atoms with E-state index >= 15 is 0 Å². The summed E-state index contributed by atoms with van der Waals surface area (Å²) in [7, 11) is -3.40. The summed E-state index contributed by atoms with van der Waals surface area (Å²) in [6, 6.07) is 30.6. The van der Waals surface area contributed by atoms with Gasteiger partial charge in [0, 0.05) is 32.2 Å². The molecule has 0 unspecified atom stereocenters. The van der Waals surface area contributed by atoms with Gasteiger partial charge in [0.05, 0.1) is 17.6 Å². The summed E-state index contributed by atoms with van der Waals surface area (Å²) in [4.78, 5) is 37.8. The monoisotopic (exact) mass is 711 g/mol. The van der Waals surface area contributed by atoms with Crippen molar-refractivity contribution in [2.24, 2.45) is 0 Å². The van der Waals surface area contributed by atoms with Crippen molar-refractivity contribution < 1.29 is 32.4 Å². The molecule has 0 aliphatic rings. The van der Waals surface area contributed by atoms with Crippen LogP contribution in [0.15, 0.2) is 108 Å². The maximum Gasteiger partial charge on any atom is 0.410 e. The van der Waals surface area contributed by atoms with E-state index in [-0.39, 0.29) is 31.7 Å². The Balaban J connectivity index is 1.51. The van der Waals surface area contributed by atoms with Crippen LogP contribution in [-0.4, -0.2) is 67.0 Å². The minimum absolute atomic E-state index is 0.0106. The molecule has 1 amide bonds. The zero-order valence-electron chi connectivity index (χ0n) is 29.1. The standard InChI is InChI=1S/C39H41N3O8S/c1-39(2,3)50-38(44)40(27-28-13-6-5-7-14-28)23-24-41(51(47,48)36-21-20-31(37(43)49-4)26-35(36)42(45)46)22-12-19-34-32-17-10-8-15-29(32)25-30-16-9-11-18-33(30)34/h5-11,13-18,20-21,25-26H,12,19,22-24,27H2,1-4H3. The van der Waals surface area contributed by atoms with Crippen LogP contribution in [0.1, 0.15) is 48.7 Å². The summed E-state index contributed by atoms with van der Waals surface area (Å²) in [5, 5.41) is 16.4. The van der Waals surface area contributed by atoms with E-state index < -0.39 is 43.2 Å². The second-order valence-electron chi connectivity index (χ2n) is 13.1. The van der Waals surface area contributed by atoms with E-state index in [1.165, 1.54) is 15.3 Å². The molecule has 0 N–H and O–H groups in total. The van der Waals surface area contributed by atoms with E-state index in [4.69, 9.17) is 9.47 Å². The molecular formula is C39H41N3O8S. The SMILES string of the molecule is COC(=O)c1ccc(S(=O)(=O)N(CCCc2c3ccccc3cc3ccccc23)CCN(Cc2ccccc2)C(=O)OC(C)(C)C)c([N+](=O)[O-])c1. The molecule has 0 heterocycles. The third-order valence-corrected chi connectivity index (χ3v) is 10.3. The fourth-order valence-corrected chi connectivity index (χ4v) is 7.63. The number of hydrogen-bond acceptors (Lipinski definition) is 8. The highest BCUT2D eigenvalue weighted by Gasteiger charge is 2.34. The van der Waals surface area contributed by atoms with Crippen LogP contribution in [0.25, 0.3) is 21.5 Å². The van der Waals surface area contributed by atoms with Crippen LogP contribution >= 0.6 is 0 Å². The molecule has 0 aliphatic heterocycles. The van der Waals surface area contributed by atoms with Crippen LogP contribution in [0.4, 0.5) is 10.5 Å². The molecule has 0 atom stereocenters. The first-order valence-electron chi connectivity index (χ1n) is 16.6. The lowest BCUT2D eigenvalue weighted by molar-refractivity contribution is -0.387. The molecule has 0 saturated carbocycles. The summed E-state index contributed by atoms with van der Waals surface area (Å²) < 4.78 is 40.4. The van der Waals surface area contributed by atoms with Crippen molar-refractivity contribution >= 4 is 49.3 Å². The van der Waals surface area contributed by atoms with E-state index in [0.717, 1.165) is 51.9 Å². The van der Waals surface area contributed by atoms with Gasteiger partial charge in [0.2, 0.25) is 10.0 Å². The van der Waals surface area contributed by atoms with Gasteiger partial charge in [-0.1, -0.05) is 78.9 Å². The molecule has 5 rings (SSSR count). The highest BCUT2D eigenvalue weighted by molar-refractivity contribution is 7.89. The molecule has 0 bridgehead atoms. The van der Waals surface area contributed by atoms with Gasteiger partial charge in [-0.3, -0.25) is 10.1 Å². The zero-order valence-corrected chi connectivity index (χ0v) is 29.9. The highest BCUT2D eigenvalue weighted by Crippen LogP contribution is 2.31. The number of benzene rings is 5. The Kier molecular flexibility index (Phi) is 11.4. The van der Waals surface area contributed by atoms with E-state index in [1.807, 2.05) is 78.9 Å². The largest absolute Gasteiger partial charge is 0.465 e. The summed E-state index contributed by atoms with van der Waals surface area (Å²) in [6.45, 7) is 5.14. The number of rotatable bonds is 13. The van der Waals surface area contributed by atoms with Gasteiger partial charge in [0.15, 0.2) is 4.90 Å². The van der Waals surface area contributed by atoms with Crippen LogP contribution in [0.2, 0.25) is 0 Å². The number of amides is 1. The molecule has 0 spiro atoms. The number of sulfonamides is 1. The summed E-state index contributed by atoms with van der Waals surface area (Å²) in [5.41, 5.74) is 0.164. The Morgan fingerprint density at radius 1 is 0.804 bits per heavy atom. The van der Waals surface area contributed by atoms with Gasteiger partial charge in [0.25, 0.3) is 5.69 Å². The van der Waals surface area contributed by atoms with Crippen molar-refractivity contribution in [2.45, 2.75) is 50.7 Å². The molecule has 0 fully saturated rings. The molecule has 51 heavy (non-hydrogen) atoms. The molecule has 11 nitrogen and oxygen atoms in total. The van der Waals surface area contributed by atoms with Gasteiger partial charge >= 0.3 is 12.1 Å². The predicted octanol–water partition coefficient (Wildman–Crippen LogP) is 7.75. The molecular weight excluding hydrogens is 671 g/mol. The van der Waals surface area contributed by atoms with Crippen molar-refractivity contribution in [1.29, 1.82) is 0 Å². The number of carbonyl (C=O) groups excluding carboxylic acids is 2. The Morgan fingerprint density at radius 2 is 1.41 bits per heavy atom. The van der Waals surface area contributed by atoms with Gasteiger partial charge in [-0.25, -0.2) is 18.0 Å². The van der Waals surface area contributed by atoms with E-state index in [9.17, 15) is 28.1 Å². The normalized spacial score (nSPS) is 11.9. The minimum Gasteiger partial charge on any atom is -0.465 e. The van der Waals surface area contributed by atoms with Crippen LogP contribution in [0.5, 0.6) is 0 Å². The lowest BCUT2D eigenvalue weighted by Crippen LogP contribution is -2.43. The number of nitro benzene ring substituents is 1. The summed E-state index contributed by atoms with van der Waals surface area (Å²) in [5.74, 6) is -0.838. The second kappa shape index (κ2) is 15.7. The third kappa shape index (κ3) is 8.89. The topological polar surface area (TPSA) is 136 Å². The number of nitrogens with zero attached hydrogens (tertiary/aromatic N) is 3. The number of nitro groups is 1. The van der Waals surface area contributed by atoms with Gasteiger partial charge in [-0.15, -0.1) is 0 Å². The molecule has 0 aliphatic carbocycles. The molecule has 12 heteroatoms. The van der Waals surface area contributed by atoms with Crippen LogP contribution in [0.3, 0.4) is 0 Å². The molecule has 5 aromatic carbocycles. The molecule has 5 aromatic rings. The van der Waals surface area contributed by atoms with Gasteiger partial charge < -0.3 is 14.4 Å². The van der Waals surface area contributed by atoms with Crippen LogP contribution in [-0.2, 0) is 32.5 Å². The minimum atomic E-state index is -4.53. The number of aryl methyl sites for hydroxylation is 1. The molecule has 0 aromatic heterocycles. The smallest absolute Gasteiger partial charge is 0.410 e. The van der Waals surface area contributed by atoms with Crippen LogP contribution in [0, 0.1) is 10.1 Å². The number of esters is 1. The number of carbonyl (C=O) groups is 2. The average Bonchev–Trinajstić information content (AvgIpc) is 3.10. The fourth-order valence-electron chi connectivity index (χ4n) is 6.02. The number of ether oxygens (including phenoxy) is 2. The van der Waals surface area contributed by atoms with Gasteiger partial charge in [-0.2, -0.15) is 4.31 Å². The van der Waals surface area contributed by atoms with Crippen molar-refractivity contribution in [1.82, 2.24) is 9.21 Å². The number of fused-ring (bicyclic) bond motifs is 2. The molecule has 0 saturated heterocycles. The Labute approximate surface area is 297 Å². The van der Waals surface area contributed by atoms with E-state index in [1.54, 1.807) is 20.8 Å². The predicted molar refractivity (Wildman–Crippen MR) is 196 cm³/mol. The summed E-state index contributed by atoms with van der Waals surface area (Å²) in [6.07, 6.45) is 0.257. The second-order valence-corrected chi connectivity index (χ2v) is 15.0. The third-order valence-electron chi connectivity index (χ3n) is 8.40. The van der Waals surface area contributed by atoms with Crippen molar-refractivity contribution in [3.63, 3.8) is 0 Å². The summed E-state index contributed by atoms with van der Waals surface area (Å²) >= 11 is 0. The maximum absolute atomic E-state index is 14.4. The van der Waals surface area contributed by atoms with Crippen molar-refractivity contribution in [3.8, 4) is 0 Å². The van der Waals surface area contributed by atoms with E-state index in [0.29, 0.717) is 12.8 Å². The van der Waals surface area contributed by atoms with E-state index in [2.05, 4.69) is 6.07 Å². The lowest BCUT2D eigenvalue weighted by Gasteiger charge is -2.30. The van der Waals surface area contributed by atoms with Crippen molar-refractivity contribution in [3.05, 3.63) is 130 Å². The fraction of sp³-hybridized carbons (Fsp3) is 0.282. The Bertz CT molecular complexity index is 2110. The Morgan fingerprint density at radius 3 is 2.00 bits per heavy atom. The molecule has 0 radical (unpaired) electrons. The quantitative estimate of drug-likeness (QED) is 0.0524. The highest BCUT2D eigenvalue weighted by atomic mass is 32.2. The van der Waals surface area contributed by atoms with Gasteiger partial charge in [-0.05, 0) is 84.5 Å². The van der Waals surface area contributed by atoms with Crippen molar-refractivity contribution in [2.75, 3.05) is 26.7 Å². The lowest BCUT2D eigenvalue weighted by atomic mass is 9.94. The Hall–Kier alpha value is -5.33. The number of hydrogen-bond donors (Lipinski definition) is 0. The maximum atomic E-state index is 14.4. The van der Waals surface area contributed by atoms with Crippen LogP contribution < -0.4 is 0 Å². The first-order chi connectivity index (χ1) is 24.3. The zero-order chi connectivity index (χ0) is 36.8. The van der Waals surface area contributed by atoms with Gasteiger partial charge in [0.1, 0.15) is 5.60 Å². The first kappa shape index (κ1) is 36.9. The average molecular weight is 712 g/mol. The number of methoxy groups -OCH3 is 1. The molecule has 266 valence electrons. The first-order valence-corrected chi connectivity index (χ1v) is 18.0.